The van der Waals surface area contributed by atoms with E-state index >= 15 is 8.90 Å². The van der Waals surface area contributed by atoms with Crippen LogP contribution in [0.5, 0.6) is 0 Å². The largest absolute Gasteiger partial charge is 0.396 e. The Morgan fingerprint density at radius 1 is 0.828 bits per heavy atom. The predicted octanol–water partition coefficient (Wildman–Crippen LogP) is 7.45. The van der Waals surface area contributed by atoms with Gasteiger partial charge in [0.25, 0.3) is 5.91 Å². The molecule has 298 valence electrons. The van der Waals surface area contributed by atoms with Gasteiger partial charge in [-0.2, -0.15) is 0 Å². The summed E-state index contributed by atoms with van der Waals surface area (Å²) in [7, 11) is -3.47. The molecule has 4 aromatic carbocycles. The number of carbonyl (C=O) groups excluding carboxylic acids is 3. The van der Waals surface area contributed by atoms with Crippen molar-refractivity contribution in [3.63, 3.8) is 0 Å². The van der Waals surface area contributed by atoms with Crippen LogP contribution in [-0.2, 0) is 57.1 Å². The minimum absolute atomic E-state index is 0.0351. The molecule has 0 saturated carbocycles. The first-order valence-corrected chi connectivity index (χ1v) is 23.2. The molecule has 0 aliphatic carbocycles. The smallest absolute Gasteiger partial charge is 0.264 e. The number of rotatable bonds is 10. The Morgan fingerprint density at radius 3 is 2.09 bits per heavy atom. The molecule has 0 unspecified atom stereocenters. The van der Waals surface area contributed by atoms with Crippen molar-refractivity contribution < 1.29 is 28.3 Å². The van der Waals surface area contributed by atoms with Crippen LogP contribution >= 0.6 is 0 Å². The number of fused-ring (bicyclic) bond motifs is 4. The highest BCUT2D eigenvalue weighted by Gasteiger charge is 2.66. The third-order valence-corrected chi connectivity index (χ3v) is 15.0. The van der Waals surface area contributed by atoms with E-state index in [1.54, 1.807) is 38.7 Å². The Kier molecular flexibility index (Phi) is 9.64. The average molecular weight is 799 g/mol. The molecule has 4 aliphatic rings. The average Bonchev–Trinajstić information content (AvgIpc) is 3.86. The monoisotopic (exact) mass is 798 g/mol. The van der Waals surface area contributed by atoms with Gasteiger partial charge in [-0.25, -0.2) is 0 Å². The van der Waals surface area contributed by atoms with Crippen molar-refractivity contribution >= 4 is 54.6 Å². The van der Waals surface area contributed by atoms with E-state index in [0.717, 1.165) is 33.8 Å². The number of aryl methyl sites for hydroxylation is 3. The number of hydrogen-bond acceptors (Lipinski definition) is 7. The highest BCUT2D eigenvalue weighted by atomic mass is 28.4. The Labute approximate surface area is 338 Å². The summed E-state index contributed by atoms with van der Waals surface area (Å²) in [5.74, 6) is -0.801. The predicted molar refractivity (Wildman–Crippen MR) is 221 cm³/mol. The van der Waals surface area contributed by atoms with Crippen LogP contribution in [0, 0.1) is 5.92 Å². The van der Waals surface area contributed by atoms with Crippen molar-refractivity contribution in [2.45, 2.75) is 88.9 Å². The number of nitrogens with zero attached hydrogens (tertiary/aromatic N) is 6. The molecule has 1 fully saturated rings. The third kappa shape index (κ3) is 6.36. The zero-order valence-corrected chi connectivity index (χ0v) is 34.0. The quantitative estimate of drug-likeness (QED) is 0.115. The summed E-state index contributed by atoms with van der Waals surface area (Å²) < 4.78 is 25.5. The summed E-state index contributed by atoms with van der Waals surface area (Å²) in [4.78, 5) is 47.4. The number of para-hydroxylation sites is 2. The van der Waals surface area contributed by atoms with Crippen molar-refractivity contribution in [1.82, 2.24) is 15.0 Å². The van der Waals surface area contributed by atoms with Crippen molar-refractivity contribution in [1.29, 1.82) is 0 Å². The van der Waals surface area contributed by atoms with Gasteiger partial charge in [-0.15, -0.1) is 5.10 Å². The summed E-state index contributed by atoms with van der Waals surface area (Å²) in [6.45, 7) is 5.88. The van der Waals surface area contributed by atoms with Gasteiger partial charge in [0.15, 0.2) is 5.60 Å². The molecule has 4 atom stereocenters. The molecular weight excluding hydrogens is 752 g/mol. The lowest BCUT2D eigenvalue weighted by molar-refractivity contribution is -0.146. The first-order chi connectivity index (χ1) is 28.0. The van der Waals surface area contributed by atoms with Crippen LogP contribution in [-0.4, -0.2) is 58.9 Å². The first kappa shape index (κ1) is 38.0. The van der Waals surface area contributed by atoms with E-state index in [1.807, 2.05) is 91.9 Å². The Morgan fingerprint density at radius 2 is 1.45 bits per heavy atom. The van der Waals surface area contributed by atoms with E-state index < -0.39 is 31.6 Å². The number of benzene rings is 4. The topological polar surface area (TPSA) is 121 Å². The molecule has 1 N–H and O–H groups in total. The van der Waals surface area contributed by atoms with E-state index in [4.69, 9.17) is 4.74 Å². The van der Waals surface area contributed by atoms with Gasteiger partial charge in [0.1, 0.15) is 0 Å². The zero-order valence-electron chi connectivity index (χ0n) is 33.0. The Hall–Kier alpha value is -5.50. The van der Waals surface area contributed by atoms with Gasteiger partial charge in [-0.3, -0.25) is 28.9 Å². The number of hydrogen-bond donors (Lipinski definition) is 1. The standard InChI is InChI=1S/C45H47FN6O5Si/c1-29-43(58(2,3)46)40(22-24-49-28-33(23-25-53)47-48-49)57-45(29)36-26-35(52-38-11-7-5-9-32(38)15-21-42(52)55)18-19-39(36)50(44(45)56)27-30-12-16-34(17-13-30)51-37-10-6-4-8-31(37)14-20-41(51)54/h4-13,16-19,26,28-29,40,43,53H,14-15,20-25,27H2,1-3H3/t29-,40+,43-,45+/m1/s1. The second kappa shape index (κ2) is 14.7. The molecule has 4 aliphatic heterocycles. The maximum absolute atomic E-state index is 16.7. The molecule has 1 aromatic heterocycles. The molecule has 58 heavy (non-hydrogen) atoms. The lowest BCUT2D eigenvalue weighted by Gasteiger charge is -2.32. The first-order valence-electron chi connectivity index (χ1n) is 20.2. The molecule has 5 heterocycles. The normalized spacial score (nSPS) is 22.8. The van der Waals surface area contributed by atoms with E-state index in [9.17, 15) is 14.7 Å². The number of carbonyl (C=O) groups is 3. The Balaban J connectivity index is 1.10. The summed E-state index contributed by atoms with van der Waals surface area (Å²) in [5.41, 5.74) is 6.03. The highest BCUT2D eigenvalue weighted by Crippen LogP contribution is 2.61. The van der Waals surface area contributed by atoms with Gasteiger partial charge in [0.05, 0.1) is 35.4 Å². The van der Waals surface area contributed by atoms with Crippen molar-refractivity contribution in [2.24, 2.45) is 5.92 Å². The number of ether oxygens (including phenoxy) is 1. The van der Waals surface area contributed by atoms with Crippen LogP contribution in [0.25, 0.3) is 0 Å². The lowest BCUT2D eigenvalue weighted by Crippen LogP contribution is -2.45. The van der Waals surface area contributed by atoms with E-state index in [2.05, 4.69) is 16.4 Å². The number of aliphatic hydroxyl groups excluding tert-OH is 1. The maximum atomic E-state index is 16.7. The van der Waals surface area contributed by atoms with Crippen LogP contribution < -0.4 is 14.7 Å². The van der Waals surface area contributed by atoms with Crippen LogP contribution in [0.15, 0.2) is 97.2 Å². The highest BCUT2D eigenvalue weighted by molar-refractivity contribution is 6.72. The molecular formula is C45H47FN6O5Si. The van der Waals surface area contributed by atoms with Gasteiger partial charge in [0, 0.05) is 67.0 Å². The maximum Gasteiger partial charge on any atom is 0.264 e. The van der Waals surface area contributed by atoms with Gasteiger partial charge in [0.2, 0.25) is 20.2 Å². The fourth-order valence-corrected chi connectivity index (χ4v) is 12.4. The molecule has 1 spiro atoms. The molecule has 3 amide bonds. The number of aliphatic hydroxyl groups is 1. The number of amides is 3. The summed E-state index contributed by atoms with van der Waals surface area (Å²) in [6, 6.07) is 29.2. The van der Waals surface area contributed by atoms with Gasteiger partial charge in [-0.1, -0.05) is 60.7 Å². The lowest BCUT2D eigenvalue weighted by atomic mass is 9.82. The van der Waals surface area contributed by atoms with Gasteiger partial charge >= 0.3 is 0 Å². The van der Waals surface area contributed by atoms with Crippen LogP contribution in [0.4, 0.5) is 32.5 Å². The van der Waals surface area contributed by atoms with E-state index in [0.29, 0.717) is 67.7 Å². The number of anilines is 5. The molecule has 0 bridgehead atoms. The number of halogens is 1. The van der Waals surface area contributed by atoms with Crippen LogP contribution in [0.2, 0.25) is 18.6 Å². The van der Waals surface area contributed by atoms with Crippen LogP contribution in [0.1, 0.15) is 54.1 Å². The summed E-state index contributed by atoms with van der Waals surface area (Å²) in [6.07, 6.45) is 4.10. The van der Waals surface area contributed by atoms with E-state index in [1.165, 1.54) is 0 Å². The van der Waals surface area contributed by atoms with Gasteiger partial charge in [-0.05, 0) is 91.5 Å². The molecule has 11 nitrogen and oxygen atoms in total. The van der Waals surface area contributed by atoms with Crippen molar-refractivity contribution in [2.75, 3.05) is 21.3 Å². The summed E-state index contributed by atoms with van der Waals surface area (Å²) in [5, 5.41) is 17.8. The van der Waals surface area contributed by atoms with Crippen molar-refractivity contribution in [3.8, 4) is 0 Å². The minimum Gasteiger partial charge on any atom is -0.396 e. The van der Waals surface area contributed by atoms with Crippen LogP contribution in [0.3, 0.4) is 0 Å². The molecule has 13 heteroatoms. The van der Waals surface area contributed by atoms with E-state index in [-0.39, 0.29) is 30.9 Å². The van der Waals surface area contributed by atoms with Crippen molar-refractivity contribution in [3.05, 3.63) is 125 Å². The fourth-order valence-electron chi connectivity index (χ4n) is 9.89. The third-order valence-electron chi connectivity index (χ3n) is 12.5. The van der Waals surface area contributed by atoms with Gasteiger partial charge < -0.3 is 18.9 Å². The fraction of sp³-hybridized carbons (Fsp3) is 0.356. The second-order valence-electron chi connectivity index (χ2n) is 16.5. The molecule has 1 saturated heterocycles. The summed E-state index contributed by atoms with van der Waals surface area (Å²) >= 11 is 0. The number of aromatic nitrogens is 3. The minimum atomic E-state index is -3.47. The second-order valence-corrected chi connectivity index (χ2v) is 20.3. The zero-order chi connectivity index (χ0) is 40.3. The SMILES string of the molecule is C[C@@H]1[C@@H]([Si](C)(C)F)[C@H](CCn2cc(CCO)nn2)O[C@@]12C(=O)N(Cc1ccc(N3C(=O)CCc4ccccc43)cc1)c1ccc(N3C(=O)CCc4ccccc43)cc12. The molecule has 0 radical (unpaired) electrons. The Bertz CT molecular complexity index is 2410. The molecule has 9 rings (SSSR count). The molecule has 5 aromatic rings.